The molecule has 0 aliphatic rings. The van der Waals surface area contributed by atoms with E-state index in [1.165, 1.54) is 0 Å². The molecule has 2 aromatic rings. The Labute approximate surface area is 129 Å². The first-order chi connectivity index (χ1) is 10.0. The van der Waals surface area contributed by atoms with Gasteiger partial charge in [-0.2, -0.15) is 0 Å². The van der Waals surface area contributed by atoms with Crippen LogP contribution in [0.2, 0.25) is 5.02 Å². The number of para-hydroxylation sites is 1. The highest BCUT2D eigenvalue weighted by Crippen LogP contribution is 2.26. The number of anilines is 2. The van der Waals surface area contributed by atoms with E-state index < -0.39 is 5.91 Å². The molecule has 0 aliphatic heterocycles. The lowest BCUT2D eigenvalue weighted by Crippen LogP contribution is -2.26. The van der Waals surface area contributed by atoms with Gasteiger partial charge in [-0.05, 0) is 36.8 Å². The van der Waals surface area contributed by atoms with E-state index in [1.807, 2.05) is 42.2 Å². The molecule has 5 heteroatoms. The van der Waals surface area contributed by atoms with Gasteiger partial charge in [0, 0.05) is 29.5 Å². The molecule has 0 spiro atoms. The molecule has 4 N–H and O–H groups in total. The highest BCUT2D eigenvalue weighted by atomic mass is 35.5. The van der Waals surface area contributed by atoms with Gasteiger partial charge in [-0.1, -0.05) is 29.8 Å². The number of hydrogen-bond acceptors (Lipinski definition) is 3. The zero-order valence-corrected chi connectivity index (χ0v) is 12.6. The quantitative estimate of drug-likeness (QED) is 0.834. The summed E-state index contributed by atoms with van der Waals surface area (Å²) in [4.78, 5) is 13.7. The standard InChI is InChI=1S/C16H18ClN3O/c1-2-20(10-11-5-3-4-6-14(11)18)15-8-7-12(17)9-13(15)16(19)21/h3-9H,2,10,18H2,1H3,(H2,19,21). The van der Waals surface area contributed by atoms with Crippen LogP contribution in [0.3, 0.4) is 0 Å². The zero-order chi connectivity index (χ0) is 15.4. The molecule has 21 heavy (non-hydrogen) atoms. The molecule has 0 saturated heterocycles. The van der Waals surface area contributed by atoms with Crippen LogP contribution >= 0.6 is 11.6 Å². The summed E-state index contributed by atoms with van der Waals surface area (Å²) in [5.41, 5.74) is 14.3. The van der Waals surface area contributed by atoms with E-state index in [9.17, 15) is 4.79 Å². The van der Waals surface area contributed by atoms with E-state index in [1.54, 1.807) is 12.1 Å². The SMILES string of the molecule is CCN(Cc1ccccc1N)c1ccc(Cl)cc1C(N)=O. The summed E-state index contributed by atoms with van der Waals surface area (Å²) >= 11 is 5.95. The number of carbonyl (C=O) groups excluding carboxylic acids is 1. The Kier molecular flexibility index (Phi) is 4.70. The third kappa shape index (κ3) is 3.47. The Morgan fingerprint density at radius 3 is 2.57 bits per heavy atom. The normalized spacial score (nSPS) is 10.4. The third-order valence-electron chi connectivity index (χ3n) is 3.36. The molecule has 4 nitrogen and oxygen atoms in total. The van der Waals surface area contributed by atoms with Crippen molar-refractivity contribution in [3.63, 3.8) is 0 Å². The minimum absolute atomic E-state index is 0.416. The van der Waals surface area contributed by atoms with Gasteiger partial charge in [0.1, 0.15) is 0 Å². The summed E-state index contributed by atoms with van der Waals surface area (Å²) in [5, 5.41) is 0.489. The number of nitrogens with two attached hydrogens (primary N) is 2. The number of benzene rings is 2. The van der Waals surface area contributed by atoms with E-state index in [4.69, 9.17) is 23.1 Å². The number of amides is 1. The van der Waals surface area contributed by atoms with Crippen LogP contribution < -0.4 is 16.4 Å². The first-order valence-corrected chi connectivity index (χ1v) is 7.08. The molecule has 0 fully saturated rings. The lowest BCUT2D eigenvalue weighted by molar-refractivity contribution is 0.100. The Morgan fingerprint density at radius 2 is 1.95 bits per heavy atom. The minimum Gasteiger partial charge on any atom is -0.398 e. The van der Waals surface area contributed by atoms with E-state index in [2.05, 4.69) is 0 Å². The number of nitrogens with zero attached hydrogens (tertiary/aromatic N) is 1. The van der Waals surface area contributed by atoms with Crippen molar-refractivity contribution in [2.45, 2.75) is 13.5 Å². The van der Waals surface area contributed by atoms with Crippen LogP contribution in [-0.2, 0) is 6.54 Å². The van der Waals surface area contributed by atoms with Crippen molar-refractivity contribution in [3.05, 3.63) is 58.6 Å². The molecule has 2 rings (SSSR count). The summed E-state index contributed by atoms with van der Waals surface area (Å²) in [6.07, 6.45) is 0. The van der Waals surface area contributed by atoms with Crippen LogP contribution in [0, 0.1) is 0 Å². The number of halogens is 1. The van der Waals surface area contributed by atoms with Gasteiger partial charge in [0.15, 0.2) is 0 Å². The number of carbonyl (C=O) groups is 1. The van der Waals surface area contributed by atoms with Gasteiger partial charge < -0.3 is 16.4 Å². The smallest absolute Gasteiger partial charge is 0.250 e. The van der Waals surface area contributed by atoms with Crippen LogP contribution in [0.25, 0.3) is 0 Å². The Morgan fingerprint density at radius 1 is 1.24 bits per heavy atom. The maximum Gasteiger partial charge on any atom is 0.250 e. The van der Waals surface area contributed by atoms with Gasteiger partial charge in [0.25, 0.3) is 5.91 Å². The highest BCUT2D eigenvalue weighted by Gasteiger charge is 2.15. The molecule has 0 saturated carbocycles. The second-order valence-electron chi connectivity index (χ2n) is 4.74. The van der Waals surface area contributed by atoms with Crippen LogP contribution in [-0.4, -0.2) is 12.5 Å². The molecule has 0 unspecified atom stereocenters. The monoisotopic (exact) mass is 303 g/mol. The molecule has 0 heterocycles. The molecule has 110 valence electrons. The van der Waals surface area contributed by atoms with E-state index in [0.717, 1.165) is 23.5 Å². The van der Waals surface area contributed by atoms with Gasteiger partial charge >= 0.3 is 0 Å². The van der Waals surface area contributed by atoms with E-state index >= 15 is 0 Å². The summed E-state index contributed by atoms with van der Waals surface area (Å²) in [6, 6.07) is 12.8. The second-order valence-corrected chi connectivity index (χ2v) is 5.18. The fraction of sp³-hybridized carbons (Fsp3) is 0.188. The predicted molar refractivity (Wildman–Crippen MR) is 87.5 cm³/mol. The topological polar surface area (TPSA) is 72.3 Å². The first kappa shape index (κ1) is 15.2. The lowest BCUT2D eigenvalue weighted by Gasteiger charge is -2.25. The summed E-state index contributed by atoms with van der Waals surface area (Å²) in [7, 11) is 0. The van der Waals surface area contributed by atoms with Crippen LogP contribution in [0.5, 0.6) is 0 Å². The van der Waals surface area contributed by atoms with Gasteiger partial charge in [-0.3, -0.25) is 4.79 Å². The fourth-order valence-electron chi connectivity index (χ4n) is 2.23. The van der Waals surface area contributed by atoms with Crippen molar-refractivity contribution in [2.75, 3.05) is 17.2 Å². The van der Waals surface area contributed by atoms with Gasteiger partial charge in [0.05, 0.1) is 5.56 Å². The van der Waals surface area contributed by atoms with Gasteiger partial charge in [-0.25, -0.2) is 0 Å². The average molecular weight is 304 g/mol. The molecular formula is C16H18ClN3O. The molecule has 1 amide bonds. The molecule has 2 aromatic carbocycles. The van der Waals surface area contributed by atoms with Gasteiger partial charge in [-0.15, -0.1) is 0 Å². The Hall–Kier alpha value is -2.20. The van der Waals surface area contributed by atoms with Crippen LogP contribution in [0.4, 0.5) is 11.4 Å². The molecule has 0 bridgehead atoms. The highest BCUT2D eigenvalue weighted by molar-refractivity contribution is 6.31. The second kappa shape index (κ2) is 6.50. The summed E-state index contributed by atoms with van der Waals surface area (Å²) in [5.74, 6) is -0.494. The minimum atomic E-state index is -0.494. The maximum absolute atomic E-state index is 11.6. The largest absolute Gasteiger partial charge is 0.398 e. The predicted octanol–water partition coefficient (Wildman–Crippen LogP) is 3.05. The number of nitrogen functional groups attached to an aromatic ring is 1. The van der Waals surface area contributed by atoms with Crippen molar-refractivity contribution in [3.8, 4) is 0 Å². The summed E-state index contributed by atoms with van der Waals surface area (Å²) < 4.78 is 0. The first-order valence-electron chi connectivity index (χ1n) is 6.70. The molecule has 0 radical (unpaired) electrons. The Bertz CT molecular complexity index is 658. The van der Waals surface area contributed by atoms with Gasteiger partial charge in [0.2, 0.25) is 0 Å². The zero-order valence-electron chi connectivity index (χ0n) is 11.8. The lowest BCUT2D eigenvalue weighted by atomic mass is 10.1. The van der Waals surface area contributed by atoms with Crippen molar-refractivity contribution in [1.82, 2.24) is 0 Å². The number of primary amides is 1. The van der Waals surface area contributed by atoms with E-state index in [0.29, 0.717) is 17.1 Å². The van der Waals surface area contributed by atoms with Crippen molar-refractivity contribution in [1.29, 1.82) is 0 Å². The van der Waals surface area contributed by atoms with Crippen LogP contribution in [0.15, 0.2) is 42.5 Å². The molecule has 0 aromatic heterocycles. The number of hydrogen-bond donors (Lipinski definition) is 2. The van der Waals surface area contributed by atoms with Crippen molar-refractivity contribution >= 4 is 28.9 Å². The van der Waals surface area contributed by atoms with Crippen molar-refractivity contribution in [2.24, 2.45) is 5.73 Å². The Balaban J connectivity index is 2.38. The third-order valence-corrected chi connectivity index (χ3v) is 3.60. The molecular weight excluding hydrogens is 286 g/mol. The molecule has 0 aliphatic carbocycles. The van der Waals surface area contributed by atoms with Crippen molar-refractivity contribution < 1.29 is 4.79 Å². The fourth-order valence-corrected chi connectivity index (χ4v) is 2.40. The molecule has 0 atom stereocenters. The average Bonchev–Trinajstić information content (AvgIpc) is 2.46. The summed E-state index contributed by atoms with van der Waals surface area (Å²) in [6.45, 7) is 3.33. The van der Waals surface area contributed by atoms with E-state index in [-0.39, 0.29) is 0 Å². The number of rotatable bonds is 5. The maximum atomic E-state index is 11.6. The van der Waals surface area contributed by atoms with Crippen LogP contribution in [0.1, 0.15) is 22.8 Å².